The van der Waals surface area contributed by atoms with Crippen molar-refractivity contribution in [2.24, 2.45) is 0 Å². The molecule has 0 saturated carbocycles. The summed E-state index contributed by atoms with van der Waals surface area (Å²) in [7, 11) is 0. The summed E-state index contributed by atoms with van der Waals surface area (Å²) >= 11 is 5.86. The fourth-order valence-corrected chi connectivity index (χ4v) is 1.43. The van der Waals surface area contributed by atoms with E-state index in [0.717, 1.165) is 0 Å². The van der Waals surface area contributed by atoms with Crippen LogP contribution in [0.5, 0.6) is 0 Å². The molecule has 4 heteroatoms. The molecule has 3 nitrogen and oxygen atoms in total. The summed E-state index contributed by atoms with van der Waals surface area (Å²) in [6, 6.07) is 6.74. The minimum atomic E-state index is -0.799. The van der Waals surface area contributed by atoms with Crippen LogP contribution >= 0.6 is 11.6 Å². The molecule has 0 aliphatic rings. The van der Waals surface area contributed by atoms with E-state index >= 15 is 0 Å². The van der Waals surface area contributed by atoms with Crippen molar-refractivity contribution < 1.29 is 9.90 Å². The maximum atomic E-state index is 11.1. The average molecular weight is 224 g/mol. The Morgan fingerprint density at radius 1 is 1.67 bits per heavy atom. The molecule has 15 heavy (non-hydrogen) atoms. The number of Topliss-reactive ketones (excluding diaryl/α,β-unsaturated/α-hetero) is 1. The molecule has 0 radical (unpaired) electrons. The quantitative estimate of drug-likeness (QED) is 0.797. The molecule has 0 fully saturated rings. The molecule has 0 heterocycles. The van der Waals surface area contributed by atoms with Crippen molar-refractivity contribution >= 4 is 17.4 Å². The van der Waals surface area contributed by atoms with Crippen LogP contribution in [0.1, 0.15) is 29.0 Å². The van der Waals surface area contributed by atoms with E-state index in [2.05, 4.69) is 0 Å². The highest BCUT2D eigenvalue weighted by Gasteiger charge is 2.17. The van der Waals surface area contributed by atoms with Crippen molar-refractivity contribution in [2.45, 2.75) is 18.9 Å². The summed E-state index contributed by atoms with van der Waals surface area (Å²) in [5, 5.41) is 17.0. The molecule has 1 aromatic carbocycles. The Morgan fingerprint density at radius 3 is 2.80 bits per heavy atom. The van der Waals surface area contributed by atoms with Crippen molar-refractivity contribution in [3.05, 3.63) is 34.9 Å². The van der Waals surface area contributed by atoms with Gasteiger partial charge in [-0.25, -0.2) is 0 Å². The summed E-state index contributed by atoms with van der Waals surface area (Å²) in [6.07, 6.45) is 0. The highest BCUT2D eigenvalue weighted by molar-refractivity contribution is 6.31. The number of rotatable bonds is 3. The first-order valence-electron chi connectivity index (χ1n) is 4.38. The van der Waals surface area contributed by atoms with Crippen LogP contribution in [0.15, 0.2) is 18.2 Å². The van der Waals surface area contributed by atoms with Gasteiger partial charge in [0.05, 0.1) is 18.2 Å². The van der Waals surface area contributed by atoms with Gasteiger partial charge < -0.3 is 5.11 Å². The zero-order valence-electron chi connectivity index (χ0n) is 8.20. The number of carbonyl (C=O) groups is 1. The number of carbonyl (C=O) groups excluding carboxylic acids is 1. The number of hydrogen-bond donors (Lipinski definition) is 1. The molecule has 0 saturated heterocycles. The van der Waals surface area contributed by atoms with Gasteiger partial charge in [0, 0.05) is 0 Å². The van der Waals surface area contributed by atoms with E-state index in [4.69, 9.17) is 22.0 Å². The number of nitrogens with zero attached hydrogens (tertiary/aromatic N) is 1. The Labute approximate surface area is 92.9 Å². The number of nitriles is 1. The largest absolute Gasteiger partial charge is 0.392 e. The van der Waals surface area contributed by atoms with Crippen LogP contribution < -0.4 is 0 Å². The maximum absolute atomic E-state index is 11.1. The Hall–Kier alpha value is -1.37. The monoisotopic (exact) mass is 223 g/mol. The van der Waals surface area contributed by atoms with E-state index in [1.807, 2.05) is 6.07 Å². The van der Waals surface area contributed by atoms with E-state index in [-0.39, 0.29) is 12.4 Å². The average Bonchev–Trinajstić information content (AvgIpc) is 2.27. The van der Waals surface area contributed by atoms with Crippen LogP contribution in [0.2, 0.25) is 0 Å². The molecule has 78 valence electrons. The molecule has 1 N–H and O–H groups in total. The predicted octanol–water partition coefficient (Wildman–Crippen LogP) is 1.92. The molecule has 0 aliphatic heterocycles. The van der Waals surface area contributed by atoms with Crippen molar-refractivity contribution in [2.75, 3.05) is 0 Å². The lowest BCUT2D eigenvalue weighted by Gasteiger charge is -2.08. The summed E-state index contributed by atoms with van der Waals surface area (Å²) < 4.78 is 0. The van der Waals surface area contributed by atoms with E-state index < -0.39 is 5.38 Å². The minimum absolute atomic E-state index is 0.137. The first kappa shape index (κ1) is 11.7. The lowest BCUT2D eigenvalue weighted by atomic mass is 10.0. The lowest BCUT2D eigenvalue weighted by molar-refractivity contribution is -0.116. The molecular weight excluding hydrogens is 214 g/mol. The van der Waals surface area contributed by atoms with Crippen LogP contribution in [0.3, 0.4) is 0 Å². The van der Waals surface area contributed by atoms with Crippen molar-refractivity contribution in [1.82, 2.24) is 0 Å². The number of ketones is 1. The number of benzene rings is 1. The fourth-order valence-electron chi connectivity index (χ4n) is 1.24. The number of alkyl halides is 1. The third-order valence-corrected chi connectivity index (χ3v) is 2.59. The van der Waals surface area contributed by atoms with Gasteiger partial charge in [-0.15, -0.1) is 11.6 Å². The first-order chi connectivity index (χ1) is 7.10. The van der Waals surface area contributed by atoms with Crippen LogP contribution in [0.25, 0.3) is 0 Å². The SMILES string of the molecule is CC(=O)C(Cl)c1ccc(CO)cc1C#N. The molecule has 0 bridgehead atoms. The second kappa shape index (κ2) is 4.92. The molecular formula is C11H10ClNO2. The summed E-state index contributed by atoms with van der Waals surface area (Å²) in [6.45, 7) is 1.24. The van der Waals surface area contributed by atoms with Crippen LogP contribution in [-0.2, 0) is 11.4 Å². The smallest absolute Gasteiger partial charge is 0.152 e. The fraction of sp³-hybridized carbons (Fsp3) is 0.273. The van der Waals surface area contributed by atoms with Crippen molar-refractivity contribution in [3.8, 4) is 6.07 Å². The normalized spacial score (nSPS) is 11.9. The van der Waals surface area contributed by atoms with Crippen LogP contribution in [-0.4, -0.2) is 10.9 Å². The third-order valence-electron chi connectivity index (χ3n) is 2.05. The van der Waals surface area contributed by atoms with Crippen molar-refractivity contribution in [1.29, 1.82) is 5.26 Å². The maximum Gasteiger partial charge on any atom is 0.152 e. The topological polar surface area (TPSA) is 61.1 Å². The van der Waals surface area contributed by atoms with Gasteiger partial charge in [0.25, 0.3) is 0 Å². The Balaban J connectivity index is 3.20. The molecule has 1 atom stereocenters. The summed E-state index contributed by atoms with van der Waals surface area (Å²) in [5.74, 6) is -0.204. The van der Waals surface area contributed by atoms with E-state index in [1.54, 1.807) is 12.1 Å². The minimum Gasteiger partial charge on any atom is -0.392 e. The Morgan fingerprint density at radius 2 is 2.33 bits per heavy atom. The van der Waals surface area contributed by atoms with Gasteiger partial charge in [-0.3, -0.25) is 4.79 Å². The van der Waals surface area contributed by atoms with Gasteiger partial charge >= 0.3 is 0 Å². The van der Waals surface area contributed by atoms with Gasteiger partial charge in [-0.05, 0) is 24.1 Å². The van der Waals surface area contributed by atoms with Gasteiger partial charge in [0.1, 0.15) is 5.38 Å². The zero-order chi connectivity index (χ0) is 11.4. The summed E-state index contributed by atoms with van der Waals surface area (Å²) in [5.41, 5.74) is 1.45. The molecule has 1 aromatic rings. The standard InChI is InChI=1S/C11H10ClNO2/c1-7(15)11(12)10-3-2-8(6-14)4-9(10)5-13/h2-4,11,14H,6H2,1H3. The molecule has 0 aromatic heterocycles. The zero-order valence-corrected chi connectivity index (χ0v) is 8.95. The van der Waals surface area contributed by atoms with E-state index in [1.165, 1.54) is 13.0 Å². The highest BCUT2D eigenvalue weighted by atomic mass is 35.5. The van der Waals surface area contributed by atoms with E-state index in [0.29, 0.717) is 16.7 Å². The first-order valence-corrected chi connectivity index (χ1v) is 4.82. The number of aliphatic hydroxyl groups excluding tert-OH is 1. The number of hydrogen-bond acceptors (Lipinski definition) is 3. The van der Waals surface area contributed by atoms with Crippen LogP contribution in [0.4, 0.5) is 0 Å². The number of aliphatic hydroxyl groups is 1. The van der Waals surface area contributed by atoms with Crippen molar-refractivity contribution in [3.63, 3.8) is 0 Å². The number of halogens is 1. The highest BCUT2D eigenvalue weighted by Crippen LogP contribution is 2.25. The second-order valence-electron chi connectivity index (χ2n) is 3.16. The van der Waals surface area contributed by atoms with Crippen LogP contribution in [0, 0.1) is 11.3 Å². The molecule has 0 amide bonds. The predicted molar refractivity (Wildman–Crippen MR) is 56.4 cm³/mol. The lowest BCUT2D eigenvalue weighted by Crippen LogP contribution is -2.04. The Bertz CT molecular complexity index is 423. The second-order valence-corrected chi connectivity index (χ2v) is 3.60. The van der Waals surface area contributed by atoms with Gasteiger partial charge in [-0.2, -0.15) is 5.26 Å². The molecule has 1 rings (SSSR count). The van der Waals surface area contributed by atoms with Gasteiger partial charge in [-0.1, -0.05) is 12.1 Å². The molecule has 0 aliphatic carbocycles. The molecule has 0 spiro atoms. The van der Waals surface area contributed by atoms with Gasteiger partial charge in [0.2, 0.25) is 0 Å². The Kier molecular flexibility index (Phi) is 3.84. The van der Waals surface area contributed by atoms with Gasteiger partial charge in [0.15, 0.2) is 5.78 Å². The van der Waals surface area contributed by atoms with E-state index in [9.17, 15) is 4.79 Å². The molecule has 1 unspecified atom stereocenters. The summed E-state index contributed by atoms with van der Waals surface area (Å²) in [4.78, 5) is 11.1. The third kappa shape index (κ3) is 2.56.